The quantitative estimate of drug-likeness (QED) is 0.577. The summed E-state index contributed by atoms with van der Waals surface area (Å²) >= 11 is 0. The van der Waals surface area contributed by atoms with Crippen molar-refractivity contribution in [3.05, 3.63) is 58.9 Å². The summed E-state index contributed by atoms with van der Waals surface area (Å²) in [4.78, 5) is 39.5. The van der Waals surface area contributed by atoms with Crippen molar-refractivity contribution in [1.29, 1.82) is 0 Å². The van der Waals surface area contributed by atoms with Gasteiger partial charge in [-0.3, -0.25) is 14.5 Å². The summed E-state index contributed by atoms with van der Waals surface area (Å²) in [5.41, 5.74) is 2.70. The van der Waals surface area contributed by atoms with E-state index < -0.39 is 11.6 Å². The Balaban J connectivity index is 1.46. The molecule has 1 aromatic heterocycles. The second kappa shape index (κ2) is 7.17. The standard InChI is InChI=1S/C23H27N3O3/c1-15-13-19(16(2)26(15)18-9-10-18)20(27)14-25-21(28)23(3,24-22(25)29)12-11-17-7-5-4-6-8-17/h4-8,13,18H,9-12,14H2,1-3H3,(H,24,29)/t23-/m1/s1. The summed E-state index contributed by atoms with van der Waals surface area (Å²) < 4.78 is 2.20. The Kier molecular flexibility index (Phi) is 4.81. The number of aryl methyl sites for hydroxylation is 2. The number of benzene rings is 1. The van der Waals surface area contributed by atoms with Crippen LogP contribution in [0.3, 0.4) is 0 Å². The summed E-state index contributed by atoms with van der Waals surface area (Å²) in [6.45, 7) is 5.45. The van der Waals surface area contributed by atoms with Crippen LogP contribution in [0.25, 0.3) is 0 Å². The van der Waals surface area contributed by atoms with Crippen molar-refractivity contribution < 1.29 is 14.4 Å². The predicted molar refractivity (Wildman–Crippen MR) is 110 cm³/mol. The van der Waals surface area contributed by atoms with Gasteiger partial charge >= 0.3 is 6.03 Å². The molecule has 3 amide bonds. The van der Waals surface area contributed by atoms with Gasteiger partial charge in [0.25, 0.3) is 5.91 Å². The molecule has 1 N–H and O–H groups in total. The van der Waals surface area contributed by atoms with E-state index in [1.165, 1.54) is 0 Å². The number of carbonyl (C=O) groups is 3. The number of urea groups is 1. The van der Waals surface area contributed by atoms with Gasteiger partial charge in [0.2, 0.25) is 0 Å². The maximum absolute atomic E-state index is 13.0. The van der Waals surface area contributed by atoms with E-state index in [0.717, 1.165) is 34.7 Å². The third-order valence-electron chi connectivity index (χ3n) is 6.10. The summed E-state index contributed by atoms with van der Waals surface area (Å²) in [6.07, 6.45) is 3.43. The molecular weight excluding hydrogens is 366 g/mol. The van der Waals surface area contributed by atoms with E-state index in [1.807, 2.05) is 50.2 Å². The highest BCUT2D eigenvalue weighted by Gasteiger charge is 2.48. The van der Waals surface area contributed by atoms with Crippen molar-refractivity contribution in [3.8, 4) is 0 Å². The number of amides is 3. The Labute approximate surface area is 170 Å². The van der Waals surface area contributed by atoms with Gasteiger partial charge in [0, 0.05) is 23.0 Å². The van der Waals surface area contributed by atoms with Crippen molar-refractivity contribution in [3.63, 3.8) is 0 Å². The summed E-state index contributed by atoms with van der Waals surface area (Å²) in [7, 11) is 0. The molecule has 1 atom stereocenters. The van der Waals surface area contributed by atoms with Gasteiger partial charge < -0.3 is 9.88 Å². The lowest BCUT2D eigenvalue weighted by molar-refractivity contribution is -0.130. The third kappa shape index (κ3) is 3.59. The van der Waals surface area contributed by atoms with Gasteiger partial charge in [0.1, 0.15) is 5.54 Å². The summed E-state index contributed by atoms with van der Waals surface area (Å²) in [6, 6.07) is 11.7. The minimum atomic E-state index is -0.988. The molecule has 1 saturated heterocycles. The Bertz CT molecular complexity index is 975. The highest BCUT2D eigenvalue weighted by atomic mass is 16.2. The first-order valence-electron chi connectivity index (χ1n) is 10.2. The molecule has 6 heteroatoms. The third-order valence-corrected chi connectivity index (χ3v) is 6.10. The fourth-order valence-corrected chi connectivity index (χ4v) is 4.28. The molecule has 2 fully saturated rings. The zero-order chi connectivity index (χ0) is 20.8. The highest BCUT2D eigenvalue weighted by molar-refractivity contribution is 6.11. The highest BCUT2D eigenvalue weighted by Crippen LogP contribution is 2.38. The van der Waals surface area contributed by atoms with Crippen LogP contribution >= 0.6 is 0 Å². The Morgan fingerprint density at radius 3 is 2.52 bits per heavy atom. The normalized spacial score (nSPS) is 21.6. The second-order valence-corrected chi connectivity index (χ2v) is 8.45. The number of nitrogens with one attached hydrogen (secondary N) is 1. The zero-order valence-corrected chi connectivity index (χ0v) is 17.2. The molecule has 152 valence electrons. The molecule has 1 aliphatic heterocycles. The van der Waals surface area contributed by atoms with Crippen LogP contribution in [0.15, 0.2) is 36.4 Å². The van der Waals surface area contributed by atoms with Crippen molar-refractivity contribution >= 4 is 17.7 Å². The molecule has 2 aliphatic rings. The van der Waals surface area contributed by atoms with E-state index in [1.54, 1.807) is 6.92 Å². The second-order valence-electron chi connectivity index (χ2n) is 8.45. The molecule has 0 unspecified atom stereocenters. The van der Waals surface area contributed by atoms with E-state index in [2.05, 4.69) is 9.88 Å². The average molecular weight is 393 g/mol. The molecule has 4 rings (SSSR count). The minimum absolute atomic E-state index is 0.194. The van der Waals surface area contributed by atoms with Gasteiger partial charge in [0.15, 0.2) is 5.78 Å². The average Bonchev–Trinajstić information content (AvgIpc) is 3.45. The molecule has 0 radical (unpaired) electrons. The van der Waals surface area contributed by atoms with Crippen LogP contribution in [0.5, 0.6) is 0 Å². The number of nitrogens with zero attached hydrogens (tertiary/aromatic N) is 2. The van der Waals surface area contributed by atoms with E-state index in [9.17, 15) is 14.4 Å². The first-order valence-corrected chi connectivity index (χ1v) is 10.2. The van der Waals surface area contributed by atoms with Crippen LogP contribution in [-0.2, 0) is 11.2 Å². The monoisotopic (exact) mass is 393 g/mol. The van der Waals surface area contributed by atoms with Crippen molar-refractivity contribution in [2.45, 2.75) is 58.0 Å². The molecule has 0 bridgehead atoms. The first kappa shape index (κ1) is 19.4. The number of ketones is 1. The van der Waals surface area contributed by atoms with Gasteiger partial charge in [-0.1, -0.05) is 30.3 Å². The number of Topliss-reactive ketones (excluding diaryl/α,β-unsaturated/α-hetero) is 1. The van der Waals surface area contributed by atoms with Crippen LogP contribution in [0, 0.1) is 13.8 Å². The predicted octanol–water partition coefficient (Wildman–Crippen LogP) is 3.57. The lowest BCUT2D eigenvalue weighted by Gasteiger charge is -2.21. The van der Waals surface area contributed by atoms with Crippen LogP contribution in [-0.4, -0.2) is 39.3 Å². The van der Waals surface area contributed by atoms with E-state index in [-0.39, 0.29) is 18.2 Å². The van der Waals surface area contributed by atoms with Crippen LogP contribution < -0.4 is 5.32 Å². The lowest BCUT2D eigenvalue weighted by atomic mass is 9.93. The first-order chi connectivity index (χ1) is 13.8. The Hall–Kier alpha value is -2.89. The number of hydrogen-bond donors (Lipinski definition) is 1. The fourth-order valence-electron chi connectivity index (χ4n) is 4.28. The van der Waals surface area contributed by atoms with E-state index in [4.69, 9.17) is 0 Å². The molecule has 1 aromatic carbocycles. The number of hydrogen-bond acceptors (Lipinski definition) is 3. The molecule has 1 aliphatic carbocycles. The number of rotatable bonds is 7. The van der Waals surface area contributed by atoms with Crippen molar-refractivity contribution in [2.24, 2.45) is 0 Å². The van der Waals surface area contributed by atoms with Gasteiger partial charge in [-0.15, -0.1) is 0 Å². The van der Waals surface area contributed by atoms with Crippen LogP contribution in [0.4, 0.5) is 4.79 Å². The Morgan fingerprint density at radius 1 is 1.17 bits per heavy atom. The lowest BCUT2D eigenvalue weighted by Crippen LogP contribution is -2.44. The molecular formula is C23H27N3O3. The summed E-state index contributed by atoms with van der Waals surface area (Å²) in [5.74, 6) is -0.524. The van der Waals surface area contributed by atoms with E-state index >= 15 is 0 Å². The van der Waals surface area contributed by atoms with Crippen LogP contribution in [0.2, 0.25) is 0 Å². The number of aromatic nitrogens is 1. The van der Waals surface area contributed by atoms with Crippen molar-refractivity contribution in [1.82, 2.24) is 14.8 Å². The van der Waals surface area contributed by atoms with Gasteiger partial charge in [-0.25, -0.2) is 4.79 Å². The number of carbonyl (C=O) groups excluding carboxylic acids is 3. The maximum Gasteiger partial charge on any atom is 0.325 e. The SMILES string of the molecule is Cc1cc(C(=O)CN2C(=O)N[C@](C)(CCc3ccccc3)C2=O)c(C)n1C1CC1. The smallest absolute Gasteiger partial charge is 0.325 e. The molecule has 2 aromatic rings. The van der Waals surface area contributed by atoms with Gasteiger partial charge in [-0.05, 0) is 58.1 Å². The van der Waals surface area contributed by atoms with Gasteiger partial charge in [0.05, 0.1) is 6.54 Å². The van der Waals surface area contributed by atoms with Gasteiger partial charge in [-0.2, -0.15) is 0 Å². The van der Waals surface area contributed by atoms with Crippen molar-refractivity contribution in [2.75, 3.05) is 6.54 Å². The number of imide groups is 1. The largest absolute Gasteiger partial charge is 0.345 e. The summed E-state index contributed by atoms with van der Waals surface area (Å²) in [5, 5.41) is 2.80. The zero-order valence-electron chi connectivity index (χ0n) is 17.2. The maximum atomic E-state index is 13.0. The minimum Gasteiger partial charge on any atom is -0.345 e. The topological polar surface area (TPSA) is 71.4 Å². The molecule has 2 heterocycles. The molecule has 6 nitrogen and oxygen atoms in total. The molecule has 1 saturated carbocycles. The Morgan fingerprint density at radius 2 is 1.86 bits per heavy atom. The van der Waals surface area contributed by atoms with Crippen LogP contribution in [0.1, 0.15) is 59.5 Å². The molecule has 29 heavy (non-hydrogen) atoms. The molecule has 0 spiro atoms. The van der Waals surface area contributed by atoms with E-state index in [0.29, 0.717) is 24.4 Å². The fraction of sp³-hybridized carbons (Fsp3) is 0.435.